The number of carboxylic acid groups (broad SMARTS) is 1. The van der Waals surface area contributed by atoms with Crippen LogP contribution in [-0.2, 0) is 16.0 Å². The molecule has 230 valence electrons. The Morgan fingerprint density at radius 2 is 1.37 bits per heavy atom. The van der Waals surface area contributed by atoms with E-state index in [1.165, 1.54) is 0 Å². The third-order valence-corrected chi connectivity index (χ3v) is 9.18. The van der Waals surface area contributed by atoms with Crippen molar-refractivity contribution in [2.24, 2.45) is 5.11 Å². The van der Waals surface area contributed by atoms with E-state index in [2.05, 4.69) is 52.5 Å². The highest BCUT2D eigenvalue weighted by atomic mass is 32.2. The minimum atomic E-state index is -0.754. The van der Waals surface area contributed by atoms with Crippen molar-refractivity contribution in [3.8, 4) is 17.2 Å². The smallest absolute Gasteiger partial charge is 0.303 e. The topological polar surface area (TPSA) is 114 Å². The first-order valence-electron chi connectivity index (χ1n) is 14.8. The molecule has 0 unspecified atom stereocenters. The lowest BCUT2D eigenvalue weighted by Gasteiger charge is -2.36. The SMILES string of the molecule is COc1ccc(C(SCCCCCCN=[N+]=[N-])(c2ccc(OC)cc2)c2ccc(OC)c(CCCCCC(=O)O)c2)cc1. The molecule has 0 aliphatic heterocycles. The molecule has 0 aliphatic rings. The molecule has 0 heterocycles. The predicted octanol–water partition coefficient (Wildman–Crippen LogP) is 8.80. The molecule has 0 radical (unpaired) electrons. The lowest BCUT2D eigenvalue weighted by molar-refractivity contribution is -0.137. The lowest BCUT2D eigenvalue weighted by Crippen LogP contribution is -2.26. The standard InChI is InChI=1S/C34H43N3O5S/c1-40-30-18-13-27(14-19-30)34(28-15-20-31(41-2)21-16-28,43-24-10-5-4-9-23-36-37-35)29-17-22-32(42-3)26(25-29)11-7-6-8-12-33(38)39/h13-22,25H,4-12,23-24H2,1-3H3,(H,38,39). The van der Waals surface area contributed by atoms with Gasteiger partial charge in [0.15, 0.2) is 0 Å². The number of hydrogen-bond donors (Lipinski definition) is 1. The van der Waals surface area contributed by atoms with E-state index < -0.39 is 10.7 Å². The summed E-state index contributed by atoms with van der Waals surface area (Å²) in [7, 11) is 5.04. The molecule has 0 aliphatic carbocycles. The van der Waals surface area contributed by atoms with Crippen molar-refractivity contribution in [3.05, 3.63) is 99.4 Å². The molecule has 0 saturated heterocycles. The highest BCUT2D eigenvalue weighted by Gasteiger charge is 2.37. The largest absolute Gasteiger partial charge is 0.497 e. The van der Waals surface area contributed by atoms with Gasteiger partial charge >= 0.3 is 5.97 Å². The summed E-state index contributed by atoms with van der Waals surface area (Å²) in [6, 6.07) is 23.1. The average Bonchev–Trinajstić information content (AvgIpc) is 3.04. The van der Waals surface area contributed by atoms with Gasteiger partial charge < -0.3 is 19.3 Å². The molecule has 1 N–H and O–H groups in total. The van der Waals surface area contributed by atoms with Gasteiger partial charge in [-0.3, -0.25) is 4.79 Å². The van der Waals surface area contributed by atoms with Crippen LogP contribution in [0.4, 0.5) is 0 Å². The first-order chi connectivity index (χ1) is 21.0. The molecule has 0 saturated carbocycles. The minimum Gasteiger partial charge on any atom is -0.497 e. The number of benzene rings is 3. The molecule has 3 rings (SSSR count). The van der Waals surface area contributed by atoms with E-state index in [9.17, 15) is 4.79 Å². The number of aliphatic carboxylic acids is 1. The molecule has 8 nitrogen and oxygen atoms in total. The summed E-state index contributed by atoms with van der Waals surface area (Å²) in [6.45, 7) is 0.538. The first kappa shape index (κ1) is 33.7. The second kappa shape index (κ2) is 18.0. The van der Waals surface area contributed by atoms with Gasteiger partial charge in [-0.15, -0.1) is 11.8 Å². The Kier molecular flexibility index (Phi) is 14.1. The molecule has 3 aromatic carbocycles. The van der Waals surface area contributed by atoms with Crippen LogP contribution in [0.3, 0.4) is 0 Å². The Bertz CT molecular complexity index is 1280. The zero-order chi connectivity index (χ0) is 30.9. The molecule has 0 fully saturated rings. The molecule has 0 aromatic heterocycles. The molecule has 3 aromatic rings. The van der Waals surface area contributed by atoms with Crippen molar-refractivity contribution < 1.29 is 24.1 Å². The third-order valence-electron chi connectivity index (χ3n) is 7.55. The first-order valence-corrected chi connectivity index (χ1v) is 15.8. The quantitative estimate of drug-likeness (QED) is 0.0453. The van der Waals surface area contributed by atoms with E-state index in [4.69, 9.17) is 24.8 Å². The van der Waals surface area contributed by atoms with Crippen LogP contribution in [0.2, 0.25) is 0 Å². The zero-order valence-corrected chi connectivity index (χ0v) is 26.3. The molecule has 0 bridgehead atoms. The van der Waals surface area contributed by atoms with Gasteiger partial charge in [0.05, 0.1) is 26.1 Å². The van der Waals surface area contributed by atoms with Crippen LogP contribution in [0.15, 0.2) is 71.8 Å². The number of ether oxygens (including phenoxy) is 3. The number of rotatable bonds is 20. The summed E-state index contributed by atoms with van der Waals surface area (Å²) in [6.07, 6.45) is 7.38. The number of hydrogen-bond acceptors (Lipinski definition) is 6. The summed E-state index contributed by atoms with van der Waals surface area (Å²) >= 11 is 1.91. The van der Waals surface area contributed by atoms with Gasteiger partial charge in [-0.05, 0) is 96.0 Å². The number of unbranched alkanes of at least 4 members (excludes halogenated alkanes) is 5. The molecule has 9 heteroatoms. The van der Waals surface area contributed by atoms with Gasteiger partial charge in [-0.25, -0.2) is 0 Å². The normalized spacial score (nSPS) is 11.0. The minimum absolute atomic E-state index is 0.192. The fraction of sp³-hybridized carbons (Fsp3) is 0.441. The number of thioether (sulfide) groups is 1. The van der Waals surface area contributed by atoms with Crippen LogP contribution in [-0.4, -0.2) is 44.7 Å². The molecular weight excluding hydrogens is 562 g/mol. The Morgan fingerprint density at radius 3 is 1.93 bits per heavy atom. The molecule has 0 amide bonds. The summed E-state index contributed by atoms with van der Waals surface area (Å²) in [5.41, 5.74) is 13.1. The monoisotopic (exact) mass is 605 g/mol. The molecule has 0 spiro atoms. The summed E-state index contributed by atoms with van der Waals surface area (Å²) in [5.74, 6) is 2.61. The fourth-order valence-corrected chi connectivity index (χ4v) is 6.82. The third kappa shape index (κ3) is 9.60. The number of carbonyl (C=O) groups is 1. The second-order valence-corrected chi connectivity index (χ2v) is 11.6. The van der Waals surface area contributed by atoms with Gasteiger partial charge in [-0.2, -0.15) is 0 Å². The van der Waals surface area contributed by atoms with Gasteiger partial charge in [0.2, 0.25) is 0 Å². The van der Waals surface area contributed by atoms with E-state index >= 15 is 0 Å². The molecule has 43 heavy (non-hydrogen) atoms. The number of methoxy groups -OCH3 is 3. The maximum absolute atomic E-state index is 11.0. The van der Waals surface area contributed by atoms with Crippen LogP contribution >= 0.6 is 11.8 Å². The number of aryl methyl sites for hydroxylation is 1. The molecular formula is C34H43N3O5S. The van der Waals surface area contributed by atoms with E-state index in [1.54, 1.807) is 21.3 Å². The van der Waals surface area contributed by atoms with Crippen LogP contribution in [0.1, 0.15) is 73.6 Å². The van der Waals surface area contributed by atoms with Crippen molar-refractivity contribution in [1.82, 2.24) is 0 Å². The van der Waals surface area contributed by atoms with Crippen molar-refractivity contribution in [2.45, 2.75) is 62.5 Å². The Hall–Kier alpha value is -3.81. The zero-order valence-electron chi connectivity index (χ0n) is 25.5. The predicted molar refractivity (Wildman–Crippen MR) is 174 cm³/mol. The fourth-order valence-electron chi connectivity index (χ4n) is 5.27. The maximum Gasteiger partial charge on any atom is 0.303 e. The Labute approximate surface area is 259 Å². The van der Waals surface area contributed by atoms with Crippen molar-refractivity contribution >= 4 is 17.7 Å². The van der Waals surface area contributed by atoms with E-state index in [1.807, 2.05) is 36.0 Å². The second-order valence-electron chi connectivity index (χ2n) is 10.3. The van der Waals surface area contributed by atoms with Crippen LogP contribution in [0, 0.1) is 0 Å². The maximum atomic E-state index is 11.0. The Morgan fingerprint density at radius 1 is 0.791 bits per heavy atom. The molecule has 0 atom stereocenters. The van der Waals surface area contributed by atoms with Crippen molar-refractivity contribution in [3.63, 3.8) is 0 Å². The number of carboxylic acids is 1. The average molecular weight is 606 g/mol. The van der Waals surface area contributed by atoms with E-state index in [0.29, 0.717) is 13.0 Å². The van der Waals surface area contributed by atoms with E-state index in [0.717, 1.165) is 90.2 Å². The summed E-state index contributed by atoms with van der Waals surface area (Å²) in [4.78, 5) is 13.8. The van der Waals surface area contributed by atoms with Gasteiger partial charge in [0.25, 0.3) is 0 Å². The number of azide groups is 1. The highest BCUT2D eigenvalue weighted by Crippen LogP contribution is 2.50. The van der Waals surface area contributed by atoms with Crippen LogP contribution in [0.5, 0.6) is 17.2 Å². The van der Waals surface area contributed by atoms with Crippen LogP contribution < -0.4 is 14.2 Å². The Balaban J connectivity index is 2.04. The summed E-state index contributed by atoms with van der Waals surface area (Å²) < 4.78 is 16.2. The van der Waals surface area contributed by atoms with Gasteiger partial charge in [0, 0.05) is 17.9 Å². The van der Waals surface area contributed by atoms with Crippen molar-refractivity contribution in [2.75, 3.05) is 33.6 Å². The lowest BCUT2D eigenvalue weighted by atomic mass is 9.82. The van der Waals surface area contributed by atoms with Gasteiger partial charge in [-0.1, -0.05) is 60.8 Å². The van der Waals surface area contributed by atoms with Gasteiger partial charge in [0.1, 0.15) is 17.2 Å². The number of nitrogens with zero attached hydrogens (tertiary/aromatic N) is 3. The highest BCUT2D eigenvalue weighted by molar-refractivity contribution is 8.00. The van der Waals surface area contributed by atoms with Crippen molar-refractivity contribution in [1.29, 1.82) is 0 Å². The van der Waals surface area contributed by atoms with E-state index in [-0.39, 0.29) is 6.42 Å². The summed E-state index contributed by atoms with van der Waals surface area (Å²) in [5, 5.41) is 12.7. The van der Waals surface area contributed by atoms with Crippen LogP contribution in [0.25, 0.3) is 10.4 Å².